The number of halogens is 1. The number of carboxylic acids is 3. The number of methoxy groups -OCH3 is 2. The van der Waals surface area contributed by atoms with Crippen molar-refractivity contribution in [1.82, 2.24) is 10.3 Å². The van der Waals surface area contributed by atoms with Crippen LogP contribution in [-0.4, -0.2) is 63.1 Å². The Morgan fingerprint density at radius 1 is 0.975 bits per heavy atom. The third-order valence-electron chi connectivity index (χ3n) is 6.28. The first kappa shape index (κ1) is 30.0. The van der Waals surface area contributed by atoms with Crippen LogP contribution >= 0.6 is 0 Å². The fraction of sp³-hybridized carbons (Fsp3) is 0.286. The molecule has 2 atom stereocenters. The standard InChI is InChI=1S/C22H21FN2O2.C6H8O7/c1-26-20-12-15-11-19(18-5-3-4-10-24-18)25-22(17(15)13-21(20)27-2)14-6-8-16(23)9-7-14;7-3(8)1-6(13,5(11)12)2-4(9)10/h3-10,12-13,19,22,25H,11H2,1-2H3;13H,1-2H2,(H,7,8)(H,9,10)(H,11,12)/t19-,22-;/m0./s1. The number of benzene rings is 2. The highest BCUT2D eigenvalue weighted by atomic mass is 19.1. The van der Waals surface area contributed by atoms with Gasteiger partial charge in [0.1, 0.15) is 5.82 Å². The summed E-state index contributed by atoms with van der Waals surface area (Å²) in [5.74, 6) is -3.88. The molecular formula is C28H29FN2O9. The van der Waals surface area contributed by atoms with Gasteiger partial charge in [0, 0.05) is 6.20 Å². The minimum Gasteiger partial charge on any atom is -0.493 e. The fourth-order valence-corrected chi connectivity index (χ4v) is 4.37. The van der Waals surface area contributed by atoms with E-state index in [2.05, 4.69) is 10.3 Å². The molecule has 0 fully saturated rings. The molecule has 40 heavy (non-hydrogen) atoms. The molecule has 5 N–H and O–H groups in total. The van der Waals surface area contributed by atoms with E-state index in [9.17, 15) is 18.8 Å². The summed E-state index contributed by atoms with van der Waals surface area (Å²) in [4.78, 5) is 35.0. The van der Waals surface area contributed by atoms with Crippen molar-refractivity contribution < 1.29 is 48.7 Å². The molecule has 1 aliphatic rings. The number of fused-ring (bicyclic) bond motifs is 1. The molecule has 11 nitrogen and oxygen atoms in total. The number of carboxylic acid groups (broad SMARTS) is 3. The number of rotatable bonds is 9. The van der Waals surface area contributed by atoms with Crippen molar-refractivity contribution in [3.63, 3.8) is 0 Å². The van der Waals surface area contributed by atoms with Crippen LogP contribution in [0.25, 0.3) is 0 Å². The average Bonchev–Trinajstić information content (AvgIpc) is 2.92. The summed E-state index contributed by atoms with van der Waals surface area (Å²) in [5, 5.41) is 37.5. The zero-order valence-electron chi connectivity index (χ0n) is 21.7. The van der Waals surface area contributed by atoms with Crippen LogP contribution in [0.4, 0.5) is 4.39 Å². The van der Waals surface area contributed by atoms with Crippen molar-refractivity contribution in [1.29, 1.82) is 0 Å². The Hall–Kier alpha value is -4.55. The van der Waals surface area contributed by atoms with Crippen molar-refractivity contribution in [2.45, 2.75) is 36.9 Å². The molecule has 1 aromatic heterocycles. The zero-order chi connectivity index (χ0) is 29.4. The van der Waals surface area contributed by atoms with Crippen LogP contribution in [0.5, 0.6) is 11.5 Å². The lowest BCUT2D eigenvalue weighted by atomic mass is 9.85. The summed E-state index contributed by atoms with van der Waals surface area (Å²) < 4.78 is 24.4. The number of aliphatic hydroxyl groups is 1. The number of carbonyl (C=O) groups is 3. The maximum absolute atomic E-state index is 13.4. The molecule has 3 aromatic rings. The molecule has 2 heterocycles. The van der Waals surface area contributed by atoms with E-state index in [1.807, 2.05) is 42.5 Å². The monoisotopic (exact) mass is 556 g/mol. The molecule has 0 unspecified atom stereocenters. The third kappa shape index (κ3) is 7.30. The van der Waals surface area contributed by atoms with Crippen LogP contribution in [0.15, 0.2) is 60.8 Å². The number of nitrogens with one attached hydrogen (secondary N) is 1. The Bertz CT molecular complexity index is 1330. The maximum atomic E-state index is 13.4. The van der Waals surface area contributed by atoms with E-state index in [-0.39, 0.29) is 17.9 Å². The zero-order valence-corrected chi connectivity index (χ0v) is 21.7. The summed E-state index contributed by atoms with van der Waals surface area (Å²) in [6.07, 6.45) is 0.293. The van der Waals surface area contributed by atoms with Crippen molar-refractivity contribution in [2.75, 3.05) is 14.2 Å². The first-order valence-corrected chi connectivity index (χ1v) is 12.0. The minimum atomic E-state index is -2.74. The first-order valence-electron chi connectivity index (χ1n) is 12.0. The van der Waals surface area contributed by atoms with Crippen LogP contribution < -0.4 is 14.8 Å². The van der Waals surface area contributed by atoms with E-state index >= 15 is 0 Å². The van der Waals surface area contributed by atoms with Crippen molar-refractivity contribution in [2.24, 2.45) is 0 Å². The smallest absolute Gasteiger partial charge is 0.336 e. The highest BCUT2D eigenvalue weighted by Gasteiger charge is 2.40. The number of aliphatic carboxylic acids is 3. The van der Waals surface area contributed by atoms with Gasteiger partial charge < -0.3 is 29.9 Å². The second kappa shape index (κ2) is 13.0. The van der Waals surface area contributed by atoms with Crippen molar-refractivity contribution in [3.8, 4) is 11.5 Å². The van der Waals surface area contributed by atoms with E-state index in [4.69, 9.17) is 29.9 Å². The van der Waals surface area contributed by atoms with Crippen LogP contribution in [0.3, 0.4) is 0 Å². The van der Waals surface area contributed by atoms with E-state index in [0.29, 0.717) is 11.5 Å². The lowest BCUT2D eigenvalue weighted by Gasteiger charge is -2.34. The quantitative estimate of drug-likeness (QED) is 0.262. The average molecular weight is 557 g/mol. The Morgan fingerprint density at radius 2 is 1.57 bits per heavy atom. The van der Waals surface area contributed by atoms with Gasteiger partial charge in [-0.3, -0.25) is 19.9 Å². The Morgan fingerprint density at radius 3 is 2.08 bits per heavy atom. The van der Waals surface area contributed by atoms with E-state index < -0.39 is 36.4 Å². The molecule has 4 rings (SSSR count). The van der Waals surface area contributed by atoms with Gasteiger partial charge in [0.2, 0.25) is 0 Å². The van der Waals surface area contributed by atoms with Gasteiger partial charge in [-0.05, 0) is 59.5 Å². The molecule has 2 aromatic carbocycles. The first-order chi connectivity index (χ1) is 19.0. The van der Waals surface area contributed by atoms with Gasteiger partial charge in [0.15, 0.2) is 17.1 Å². The highest BCUT2D eigenvalue weighted by Crippen LogP contribution is 2.41. The van der Waals surface area contributed by atoms with E-state index in [1.165, 1.54) is 12.1 Å². The molecule has 0 amide bonds. The summed E-state index contributed by atoms with van der Waals surface area (Å²) in [7, 11) is 3.27. The highest BCUT2D eigenvalue weighted by molar-refractivity contribution is 5.88. The van der Waals surface area contributed by atoms with Gasteiger partial charge in [0.25, 0.3) is 0 Å². The number of nitrogens with zero attached hydrogens (tertiary/aromatic N) is 1. The number of pyridine rings is 1. The summed E-state index contributed by atoms with van der Waals surface area (Å²) in [6, 6.07) is 16.5. The molecule has 212 valence electrons. The van der Waals surface area contributed by atoms with Crippen LogP contribution in [0.1, 0.15) is 47.3 Å². The van der Waals surface area contributed by atoms with Crippen LogP contribution in [0, 0.1) is 5.82 Å². The molecule has 0 aliphatic carbocycles. The molecule has 0 radical (unpaired) electrons. The Labute approximate surface area is 228 Å². The maximum Gasteiger partial charge on any atom is 0.336 e. The number of ether oxygens (including phenoxy) is 2. The van der Waals surface area contributed by atoms with Crippen molar-refractivity contribution >= 4 is 17.9 Å². The fourth-order valence-electron chi connectivity index (χ4n) is 4.37. The normalized spacial score (nSPS) is 16.1. The number of hydrogen-bond acceptors (Lipinski definition) is 8. The predicted octanol–water partition coefficient (Wildman–Crippen LogP) is 2.97. The SMILES string of the molecule is COc1cc2c(cc1OC)[C@H](c1ccc(F)cc1)N[C@H](c1ccccn1)C2.O=C(O)CC(O)(CC(=O)O)C(=O)O. The van der Waals surface area contributed by atoms with Crippen LogP contribution in [0.2, 0.25) is 0 Å². The van der Waals surface area contributed by atoms with Gasteiger partial charge in [0.05, 0.1) is 44.8 Å². The molecule has 1 aliphatic heterocycles. The van der Waals surface area contributed by atoms with Crippen molar-refractivity contribution in [3.05, 3.63) is 89.0 Å². The lowest BCUT2D eigenvalue weighted by Crippen LogP contribution is -2.42. The van der Waals surface area contributed by atoms with Gasteiger partial charge >= 0.3 is 17.9 Å². The largest absolute Gasteiger partial charge is 0.493 e. The molecule has 0 saturated heterocycles. The predicted molar refractivity (Wildman–Crippen MR) is 139 cm³/mol. The van der Waals surface area contributed by atoms with Gasteiger partial charge in [-0.15, -0.1) is 0 Å². The van der Waals surface area contributed by atoms with Gasteiger partial charge in [-0.1, -0.05) is 18.2 Å². The summed E-state index contributed by atoms with van der Waals surface area (Å²) in [5.41, 5.74) is 1.50. The third-order valence-corrected chi connectivity index (χ3v) is 6.28. The van der Waals surface area contributed by atoms with Crippen LogP contribution in [-0.2, 0) is 20.8 Å². The molecule has 12 heteroatoms. The van der Waals surface area contributed by atoms with E-state index in [0.717, 1.165) is 28.8 Å². The molecule has 0 bridgehead atoms. The van der Waals surface area contributed by atoms with Gasteiger partial charge in [-0.25, -0.2) is 9.18 Å². The second-order valence-corrected chi connectivity index (χ2v) is 9.05. The number of aromatic nitrogens is 1. The van der Waals surface area contributed by atoms with Gasteiger partial charge in [-0.2, -0.15) is 0 Å². The molecule has 0 spiro atoms. The summed E-state index contributed by atoms with van der Waals surface area (Å²) >= 11 is 0. The second-order valence-electron chi connectivity index (χ2n) is 9.05. The van der Waals surface area contributed by atoms with E-state index in [1.54, 1.807) is 20.4 Å². The molecule has 0 saturated carbocycles. The topological polar surface area (TPSA) is 176 Å². The number of hydrogen-bond donors (Lipinski definition) is 5. The minimum absolute atomic E-state index is 0.0480. The Kier molecular flexibility index (Phi) is 9.75. The molecular weight excluding hydrogens is 527 g/mol. The summed E-state index contributed by atoms with van der Waals surface area (Å²) in [6.45, 7) is 0. The lowest BCUT2D eigenvalue weighted by molar-refractivity contribution is -0.170. The Balaban J connectivity index is 0.000000289.